The molecule has 2 heterocycles. The Morgan fingerprint density at radius 2 is 1.48 bits per heavy atom. The topological polar surface area (TPSA) is 23.6 Å². The highest BCUT2D eigenvalue weighted by Gasteiger charge is 2.29. The SMILES string of the molecule is O=C(c1c(Cl)cc(Cl)cc1Cl)N1CCC(N2CCCCC2)CC1. The van der Waals surface area contributed by atoms with Crippen molar-refractivity contribution in [1.29, 1.82) is 0 Å². The second-order valence-corrected chi connectivity index (χ2v) is 7.62. The number of hydrogen-bond acceptors (Lipinski definition) is 2. The molecule has 0 aliphatic carbocycles. The van der Waals surface area contributed by atoms with Crippen LogP contribution < -0.4 is 0 Å². The van der Waals surface area contributed by atoms with Gasteiger partial charge >= 0.3 is 0 Å². The minimum atomic E-state index is -0.0891. The normalized spacial score (nSPS) is 20.7. The molecule has 0 bridgehead atoms. The van der Waals surface area contributed by atoms with Crippen molar-refractivity contribution in [1.82, 2.24) is 9.80 Å². The van der Waals surface area contributed by atoms with E-state index in [2.05, 4.69) is 4.90 Å². The summed E-state index contributed by atoms with van der Waals surface area (Å²) in [6.45, 7) is 3.92. The molecule has 0 N–H and O–H groups in total. The average Bonchev–Trinajstić information content (AvgIpc) is 2.55. The van der Waals surface area contributed by atoms with Crippen LogP contribution in [0.4, 0.5) is 0 Å². The number of carbonyl (C=O) groups excluding carboxylic acids is 1. The number of hydrogen-bond donors (Lipinski definition) is 0. The Morgan fingerprint density at radius 3 is 2.04 bits per heavy atom. The monoisotopic (exact) mass is 374 g/mol. The molecule has 3 nitrogen and oxygen atoms in total. The molecule has 23 heavy (non-hydrogen) atoms. The van der Waals surface area contributed by atoms with Gasteiger partial charge in [0.25, 0.3) is 5.91 Å². The number of likely N-dealkylation sites (tertiary alicyclic amines) is 2. The lowest BCUT2D eigenvalue weighted by molar-refractivity contribution is 0.0590. The summed E-state index contributed by atoms with van der Waals surface area (Å²) in [4.78, 5) is 17.2. The van der Waals surface area contributed by atoms with Crippen LogP contribution in [0.1, 0.15) is 42.5 Å². The molecule has 1 aromatic carbocycles. The van der Waals surface area contributed by atoms with Crippen molar-refractivity contribution in [3.05, 3.63) is 32.8 Å². The van der Waals surface area contributed by atoms with E-state index in [9.17, 15) is 4.79 Å². The Balaban J connectivity index is 1.64. The van der Waals surface area contributed by atoms with E-state index in [0.717, 1.165) is 25.9 Å². The first-order chi connectivity index (χ1) is 11.1. The summed E-state index contributed by atoms with van der Waals surface area (Å²) < 4.78 is 0. The molecule has 126 valence electrons. The van der Waals surface area contributed by atoms with Gasteiger partial charge in [0.2, 0.25) is 0 Å². The molecule has 0 aromatic heterocycles. The average molecular weight is 376 g/mol. The first-order valence-corrected chi connectivity index (χ1v) is 9.37. The number of carbonyl (C=O) groups is 1. The van der Waals surface area contributed by atoms with Gasteiger partial charge in [-0.1, -0.05) is 41.2 Å². The molecule has 0 atom stereocenters. The number of amides is 1. The first-order valence-electron chi connectivity index (χ1n) is 8.24. The van der Waals surface area contributed by atoms with E-state index in [4.69, 9.17) is 34.8 Å². The Hall–Kier alpha value is -0.480. The predicted octanol–water partition coefficient (Wildman–Crippen LogP) is 4.74. The molecule has 2 fully saturated rings. The number of halogens is 3. The zero-order valence-corrected chi connectivity index (χ0v) is 15.3. The van der Waals surface area contributed by atoms with E-state index in [0.29, 0.717) is 26.7 Å². The number of benzene rings is 1. The van der Waals surface area contributed by atoms with E-state index in [-0.39, 0.29) is 5.91 Å². The fourth-order valence-corrected chi connectivity index (χ4v) is 4.60. The van der Waals surface area contributed by atoms with Crippen molar-refractivity contribution in [3.63, 3.8) is 0 Å². The van der Waals surface area contributed by atoms with Crippen molar-refractivity contribution in [3.8, 4) is 0 Å². The quantitative estimate of drug-likeness (QED) is 0.745. The summed E-state index contributed by atoms with van der Waals surface area (Å²) >= 11 is 18.3. The zero-order chi connectivity index (χ0) is 16.4. The molecule has 2 aliphatic rings. The van der Waals surface area contributed by atoms with Gasteiger partial charge in [0.05, 0.1) is 15.6 Å². The fourth-order valence-electron chi connectivity index (χ4n) is 3.62. The van der Waals surface area contributed by atoms with Crippen molar-refractivity contribution >= 4 is 40.7 Å². The highest BCUT2D eigenvalue weighted by molar-refractivity contribution is 6.42. The second-order valence-electron chi connectivity index (χ2n) is 6.36. The van der Waals surface area contributed by atoms with Gasteiger partial charge in [-0.3, -0.25) is 4.79 Å². The minimum Gasteiger partial charge on any atom is -0.338 e. The number of rotatable bonds is 2. The molecule has 3 rings (SSSR count). The van der Waals surface area contributed by atoms with Crippen molar-refractivity contribution in [2.75, 3.05) is 26.2 Å². The van der Waals surface area contributed by atoms with Crippen molar-refractivity contribution in [2.45, 2.75) is 38.1 Å². The van der Waals surface area contributed by atoms with E-state index >= 15 is 0 Å². The van der Waals surface area contributed by atoms with Crippen LogP contribution in [-0.4, -0.2) is 47.9 Å². The van der Waals surface area contributed by atoms with Crippen LogP contribution in [0.2, 0.25) is 15.1 Å². The third-order valence-electron chi connectivity index (χ3n) is 4.88. The van der Waals surface area contributed by atoms with E-state index in [1.165, 1.54) is 32.4 Å². The van der Waals surface area contributed by atoms with Gasteiger partial charge in [-0.25, -0.2) is 0 Å². The Labute approximate surface area is 152 Å². The van der Waals surface area contributed by atoms with E-state index in [1.54, 1.807) is 12.1 Å². The van der Waals surface area contributed by atoms with Crippen LogP contribution in [0.25, 0.3) is 0 Å². The van der Waals surface area contributed by atoms with Crippen LogP contribution in [0, 0.1) is 0 Å². The Kier molecular flexibility index (Phi) is 5.74. The van der Waals surface area contributed by atoms with Crippen LogP contribution >= 0.6 is 34.8 Å². The van der Waals surface area contributed by atoms with Gasteiger partial charge < -0.3 is 9.80 Å². The maximum atomic E-state index is 12.7. The molecule has 0 unspecified atom stereocenters. The fraction of sp³-hybridized carbons (Fsp3) is 0.588. The Morgan fingerprint density at radius 1 is 0.913 bits per heavy atom. The highest BCUT2D eigenvalue weighted by atomic mass is 35.5. The summed E-state index contributed by atoms with van der Waals surface area (Å²) in [6, 6.07) is 3.75. The van der Waals surface area contributed by atoms with Crippen molar-refractivity contribution < 1.29 is 4.79 Å². The summed E-state index contributed by atoms with van der Waals surface area (Å²) in [7, 11) is 0. The predicted molar refractivity (Wildman–Crippen MR) is 95.8 cm³/mol. The highest BCUT2D eigenvalue weighted by Crippen LogP contribution is 2.31. The van der Waals surface area contributed by atoms with Crippen LogP contribution in [0.5, 0.6) is 0 Å². The van der Waals surface area contributed by atoms with Gasteiger partial charge in [-0.15, -0.1) is 0 Å². The number of nitrogens with zero attached hydrogens (tertiary/aromatic N) is 2. The van der Waals surface area contributed by atoms with E-state index in [1.807, 2.05) is 4.90 Å². The minimum absolute atomic E-state index is 0.0891. The summed E-state index contributed by atoms with van der Waals surface area (Å²) in [5.41, 5.74) is 0.370. The summed E-state index contributed by atoms with van der Waals surface area (Å²) in [5, 5.41) is 1.09. The van der Waals surface area contributed by atoms with Gasteiger partial charge in [-0.2, -0.15) is 0 Å². The maximum Gasteiger partial charge on any atom is 0.256 e. The maximum absolute atomic E-state index is 12.7. The molecule has 2 saturated heterocycles. The molecule has 0 radical (unpaired) electrons. The summed E-state index contributed by atoms with van der Waals surface area (Å²) in [5.74, 6) is -0.0891. The first kappa shape index (κ1) is 17.3. The van der Waals surface area contributed by atoms with Gasteiger partial charge in [0.1, 0.15) is 0 Å². The lowest BCUT2D eigenvalue weighted by Crippen LogP contribution is -2.48. The van der Waals surface area contributed by atoms with Gasteiger partial charge in [0, 0.05) is 24.2 Å². The third-order valence-corrected chi connectivity index (χ3v) is 5.69. The van der Waals surface area contributed by atoms with Crippen molar-refractivity contribution in [2.24, 2.45) is 0 Å². The lowest BCUT2D eigenvalue weighted by atomic mass is 9.99. The van der Waals surface area contributed by atoms with Crippen LogP contribution in [0.3, 0.4) is 0 Å². The largest absolute Gasteiger partial charge is 0.338 e. The lowest BCUT2D eigenvalue weighted by Gasteiger charge is -2.40. The molecular formula is C17H21Cl3N2O. The molecule has 0 saturated carbocycles. The molecule has 1 amide bonds. The third kappa shape index (κ3) is 3.96. The standard InChI is InChI=1S/C17H21Cl3N2O/c18-12-10-14(19)16(15(20)11-12)17(23)22-8-4-13(5-9-22)21-6-2-1-3-7-21/h10-11,13H,1-9H2. The molecule has 2 aliphatic heterocycles. The number of piperidine rings is 2. The molecule has 6 heteroatoms. The van der Waals surface area contributed by atoms with Crippen LogP contribution in [0.15, 0.2) is 12.1 Å². The molecule has 0 spiro atoms. The molecular weight excluding hydrogens is 355 g/mol. The second kappa shape index (κ2) is 7.60. The van der Waals surface area contributed by atoms with Gasteiger partial charge in [0.15, 0.2) is 0 Å². The van der Waals surface area contributed by atoms with Gasteiger partial charge in [-0.05, 0) is 50.9 Å². The Bertz CT molecular complexity index is 556. The summed E-state index contributed by atoms with van der Waals surface area (Å²) in [6.07, 6.45) is 5.99. The van der Waals surface area contributed by atoms with E-state index < -0.39 is 0 Å². The zero-order valence-electron chi connectivity index (χ0n) is 13.0. The molecule has 1 aromatic rings. The van der Waals surface area contributed by atoms with Crippen LogP contribution in [-0.2, 0) is 0 Å². The smallest absolute Gasteiger partial charge is 0.256 e.